The average Bonchev–Trinajstić information content (AvgIpc) is 2.38. The number of nitrogens with zero attached hydrogens (tertiary/aromatic N) is 2. The molecule has 0 bridgehead atoms. The van der Waals surface area contributed by atoms with E-state index in [1.165, 1.54) is 0 Å². The van der Waals surface area contributed by atoms with Crippen LogP contribution in [0.4, 0.5) is 0 Å². The number of nitrogens with two attached hydrogens (primary N) is 1. The molecule has 1 saturated heterocycles. The van der Waals surface area contributed by atoms with E-state index in [2.05, 4.69) is 30.9 Å². The normalized spacial score (nSPS) is 24.4. The number of hydrogen-bond acceptors (Lipinski definition) is 3. The van der Waals surface area contributed by atoms with E-state index in [4.69, 9.17) is 5.73 Å². The third-order valence-corrected chi connectivity index (χ3v) is 3.78. The number of piperidine rings is 1. The van der Waals surface area contributed by atoms with Gasteiger partial charge in [0.05, 0.1) is 17.7 Å². The van der Waals surface area contributed by atoms with Gasteiger partial charge in [-0.25, -0.2) is 0 Å². The van der Waals surface area contributed by atoms with Crippen LogP contribution in [0.25, 0.3) is 0 Å². The van der Waals surface area contributed by atoms with Crippen LogP contribution in [0, 0.1) is 17.2 Å². The average molecular weight is 257 g/mol. The van der Waals surface area contributed by atoms with Crippen molar-refractivity contribution in [2.45, 2.75) is 38.8 Å². The van der Waals surface area contributed by atoms with Crippen molar-refractivity contribution >= 4 is 0 Å². The topological polar surface area (TPSA) is 53.0 Å². The fourth-order valence-electron chi connectivity index (χ4n) is 3.06. The van der Waals surface area contributed by atoms with Crippen LogP contribution in [-0.2, 0) is 0 Å². The Morgan fingerprint density at radius 2 is 2.16 bits per heavy atom. The van der Waals surface area contributed by atoms with Gasteiger partial charge in [0.2, 0.25) is 0 Å². The van der Waals surface area contributed by atoms with E-state index in [9.17, 15) is 5.26 Å². The molecule has 2 atom stereocenters. The minimum Gasteiger partial charge on any atom is -0.326 e. The van der Waals surface area contributed by atoms with Crippen LogP contribution in [0.3, 0.4) is 0 Å². The molecule has 0 radical (unpaired) electrons. The zero-order chi connectivity index (χ0) is 13.8. The molecule has 0 amide bonds. The molecule has 102 valence electrons. The predicted molar refractivity (Wildman–Crippen MR) is 77.5 cm³/mol. The van der Waals surface area contributed by atoms with Crippen molar-refractivity contribution in [1.29, 1.82) is 5.26 Å². The number of likely N-dealkylation sites (tertiary alicyclic amines) is 1. The summed E-state index contributed by atoms with van der Waals surface area (Å²) in [5.74, 6) is 0.613. The Morgan fingerprint density at radius 3 is 2.84 bits per heavy atom. The Hall–Kier alpha value is -1.37. The van der Waals surface area contributed by atoms with E-state index >= 15 is 0 Å². The van der Waals surface area contributed by atoms with E-state index < -0.39 is 0 Å². The fourth-order valence-corrected chi connectivity index (χ4v) is 3.06. The lowest BCUT2D eigenvalue weighted by atomic mass is 9.88. The van der Waals surface area contributed by atoms with Gasteiger partial charge in [0.1, 0.15) is 0 Å². The molecule has 1 fully saturated rings. The zero-order valence-corrected chi connectivity index (χ0v) is 11.8. The summed E-state index contributed by atoms with van der Waals surface area (Å²) in [6.45, 7) is 6.58. The highest BCUT2D eigenvalue weighted by Crippen LogP contribution is 2.32. The minimum absolute atomic E-state index is 0.127. The van der Waals surface area contributed by atoms with Crippen molar-refractivity contribution in [2.24, 2.45) is 11.7 Å². The molecule has 2 rings (SSSR count). The van der Waals surface area contributed by atoms with Crippen molar-refractivity contribution < 1.29 is 0 Å². The van der Waals surface area contributed by atoms with Crippen molar-refractivity contribution in [1.82, 2.24) is 4.90 Å². The summed E-state index contributed by atoms with van der Waals surface area (Å²) in [7, 11) is 0. The van der Waals surface area contributed by atoms with Crippen LogP contribution in [0.5, 0.6) is 0 Å². The molecule has 3 nitrogen and oxygen atoms in total. The Bertz CT molecular complexity index is 461. The first kappa shape index (κ1) is 14.0. The third-order valence-electron chi connectivity index (χ3n) is 3.78. The van der Waals surface area contributed by atoms with Gasteiger partial charge in [0.25, 0.3) is 0 Å². The van der Waals surface area contributed by atoms with Crippen molar-refractivity contribution in [3.05, 3.63) is 35.4 Å². The van der Waals surface area contributed by atoms with E-state index in [-0.39, 0.29) is 12.1 Å². The second-order valence-corrected chi connectivity index (χ2v) is 5.84. The van der Waals surface area contributed by atoms with Gasteiger partial charge in [-0.15, -0.1) is 0 Å². The van der Waals surface area contributed by atoms with Gasteiger partial charge in [0.15, 0.2) is 0 Å². The number of rotatable bonds is 3. The Labute approximate surface area is 116 Å². The SMILES string of the molecule is CC(C)CN1CCCC(N)C1c1ccccc1C#N. The van der Waals surface area contributed by atoms with Crippen LogP contribution in [0.1, 0.15) is 43.9 Å². The summed E-state index contributed by atoms with van der Waals surface area (Å²) in [5, 5.41) is 9.29. The maximum Gasteiger partial charge on any atom is 0.0995 e. The summed E-state index contributed by atoms with van der Waals surface area (Å²) in [5.41, 5.74) is 8.21. The lowest BCUT2D eigenvalue weighted by Gasteiger charge is -2.41. The first-order valence-corrected chi connectivity index (χ1v) is 7.12. The second-order valence-electron chi connectivity index (χ2n) is 5.84. The maximum atomic E-state index is 9.29. The molecule has 1 aromatic rings. The van der Waals surface area contributed by atoms with E-state index in [0.29, 0.717) is 5.92 Å². The largest absolute Gasteiger partial charge is 0.326 e. The van der Waals surface area contributed by atoms with Crippen LogP contribution in [0.15, 0.2) is 24.3 Å². The van der Waals surface area contributed by atoms with Gasteiger partial charge in [0, 0.05) is 12.6 Å². The first-order chi connectivity index (χ1) is 9.13. The number of hydrogen-bond donors (Lipinski definition) is 1. The quantitative estimate of drug-likeness (QED) is 0.905. The van der Waals surface area contributed by atoms with Crippen LogP contribution in [-0.4, -0.2) is 24.0 Å². The van der Waals surface area contributed by atoms with Crippen molar-refractivity contribution in [3.63, 3.8) is 0 Å². The summed E-state index contributed by atoms with van der Waals surface area (Å²) in [4.78, 5) is 2.45. The minimum atomic E-state index is 0.127. The van der Waals surface area contributed by atoms with Crippen LogP contribution >= 0.6 is 0 Å². The molecule has 3 heteroatoms. The Kier molecular flexibility index (Phi) is 4.57. The van der Waals surface area contributed by atoms with Gasteiger partial charge in [-0.2, -0.15) is 5.26 Å². The van der Waals surface area contributed by atoms with E-state index in [1.54, 1.807) is 0 Å². The first-order valence-electron chi connectivity index (χ1n) is 7.12. The molecule has 1 heterocycles. The number of nitriles is 1. The van der Waals surface area contributed by atoms with E-state index in [0.717, 1.165) is 37.1 Å². The molecular weight excluding hydrogens is 234 g/mol. The van der Waals surface area contributed by atoms with Gasteiger partial charge in [-0.05, 0) is 36.9 Å². The lowest BCUT2D eigenvalue weighted by Crippen LogP contribution is -2.47. The predicted octanol–water partition coefficient (Wildman–Crippen LogP) is 2.68. The van der Waals surface area contributed by atoms with Crippen LogP contribution < -0.4 is 5.73 Å². The summed E-state index contributed by atoms with van der Waals surface area (Å²) in [6, 6.07) is 10.5. The van der Waals surface area contributed by atoms with E-state index in [1.807, 2.05) is 18.2 Å². The highest BCUT2D eigenvalue weighted by atomic mass is 15.2. The molecule has 1 aromatic carbocycles. The zero-order valence-electron chi connectivity index (χ0n) is 11.8. The maximum absolute atomic E-state index is 9.29. The highest BCUT2D eigenvalue weighted by Gasteiger charge is 2.31. The Morgan fingerprint density at radius 1 is 1.42 bits per heavy atom. The highest BCUT2D eigenvalue weighted by molar-refractivity contribution is 5.40. The third kappa shape index (κ3) is 3.15. The van der Waals surface area contributed by atoms with Gasteiger partial charge in [-0.3, -0.25) is 4.90 Å². The fraction of sp³-hybridized carbons (Fsp3) is 0.562. The summed E-state index contributed by atoms with van der Waals surface area (Å²) >= 11 is 0. The standard InChI is InChI=1S/C16H23N3/c1-12(2)11-19-9-5-8-15(18)16(19)14-7-4-3-6-13(14)10-17/h3-4,6-7,12,15-16H,5,8-9,11,18H2,1-2H3. The molecule has 0 aromatic heterocycles. The molecule has 19 heavy (non-hydrogen) atoms. The molecule has 0 saturated carbocycles. The van der Waals surface area contributed by atoms with Crippen molar-refractivity contribution in [2.75, 3.05) is 13.1 Å². The summed E-state index contributed by atoms with van der Waals surface area (Å²) in [6.07, 6.45) is 2.19. The molecule has 2 N–H and O–H groups in total. The second kappa shape index (κ2) is 6.18. The van der Waals surface area contributed by atoms with Gasteiger partial charge < -0.3 is 5.73 Å². The molecule has 0 spiro atoms. The van der Waals surface area contributed by atoms with Crippen LogP contribution in [0.2, 0.25) is 0 Å². The van der Waals surface area contributed by atoms with Gasteiger partial charge in [-0.1, -0.05) is 32.0 Å². The van der Waals surface area contributed by atoms with Gasteiger partial charge >= 0.3 is 0 Å². The molecule has 1 aliphatic rings. The molecular formula is C16H23N3. The van der Waals surface area contributed by atoms with Crippen molar-refractivity contribution in [3.8, 4) is 6.07 Å². The molecule has 2 unspecified atom stereocenters. The number of benzene rings is 1. The molecule has 1 aliphatic heterocycles. The molecule has 0 aliphatic carbocycles. The Balaban J connectivity index is 2.34. The monoisotopic (exact) mass is 257 g/mol. The smallest absolute Gasteiger partial charge is 0.0995 e. The lowest BCUT2D eigenvalue weighted by molar-refractivity contribution is 0.114. The summed E-state index contributed by atoms with van der Waals surface area (Å²) < 4.78 is 0.